The molecule has 0 amide bonds. The molecule has 0 radical (unpaired) electrons. The maximum Gasteiger partial charge on any atom is 0.0337 e. The standard InChI is InChI=1S/C33H42N2/c1-23-2-4-24(5-3-23)18-25-6-10-28(11-7-25)30-14-16-31(17-15-30)29-12-8-26(9-13-29)19-27-20-32(34)22-33(35)21-27/h2-5,8-9,12-13,20-22,25,28,30-31H,6-7,10-11,14-19,34-35H2,1H3. The van der Waals surface area contributed by atoms with Crippen molar-refractivity contribution in [3.8, 4) is 0 Å². The third-order valence-electron chi connectivity index (χ3n) is 8.87. The molecule has 2 fully saturated rings. The third-order valence-corrected chi connectivity index (χ3v) is 8.87. The Morgan fingerprint density at radius 3 is 1.74 bits per heavy atom. The molecule has 3 aromatic rings. The van der Waals surface area contributed by atoms with Crippen molar-refractivity contribution in [2.24, 2.45) is 17.8 Å². The quantitative estimate of drug-likeness (QED) is 0.361. The van der Waals surface area contributed by atoms with Crippen LogP contribution >= 0.6 is 0 Å². The lowest BCUT2D eigenvalue weighted by Gasteiger charge is -2.38. The van der Waals surface area contributed by atoms with E-state index in [4.69, 9.17) is 11.5 Å². The van der Waals surface area contributed by atoms with E-state index in [2.05, 4.69) is 55.5 Å². The maximum absolute atomic E-state index is 5.96. The Morgan fingerprint density at radius 2 is 1.14 bits per heavy atom. The summed E-state index contributed by atoms with van der Waals surface area (Å²) in [6.07, 6.45) is 13.5. The molecule has 2 nitrogen and oxygen atoms in total. The van der Waals surface area contributed by atoms with E-state index >= 15 is 0 Å². The molecular formula is C33H42N2. The predicted octanol–water partition coefficient (Wildman–Crippen LogP) is 8.07. The summed E-state index contributed by atoms with van der Waals surface area (Å²) < 4.78 is 0. The summed E-state index contributed by atoms with van der Waals surface area (Å²) in [5.74, 6) is 3.56. The fourth-order valence-corrected chi connectivity index (χ4v) is 6.84. The Balaban J connectivity index is 1.08. The van der Waals surface area contributed by atoms with E-state index in [-0.39, 0.29) is 0 Å². The van der Waals surface area contributed by atoms with Gasteiger partial charge >= 0.3 is 0 Å². The number of aryl methyl sites for hydroxylation is 1. The van der Waals surface area contributed by atoms with E-state index in [1.807, 2.05) is 18.2 Å². The van der Waals surface area contributed by atoms with E-state index in [0.717, 1.165) is 41.5 Å². The molecule has 2 aliphatic rings. The van der Waals surface area contributed by atoms with Crippen molar-refractivity contribution in [2.75, 3.05) is 11.5 Å². The molecule has 0 atom stereocenters. The monoisotopic (exact) mass is 466 g/mol. The van der Waals surface area contributed by atoms with Crippen LogP contribution in [0, 0.1) is 24.7 Å². The number of hydrogen-bond acceptors (Lipinski definition) is 2. The maximum atomic E-state index is 5.96. The van der Waals surface area contributed by atoms with Gasteiger partial charge in [-0.15, -0.1) is 0 Å². The number of rotatable bonds is 6. The zero-order chi connectivity index (χ0) is 24.2. The van der Waals surface area contributed by atoms with E-state index in [1.165, 1.54) is 85.6 Å². The molecule has 2 saturated carbocycles. The fraction of sp³-hybridized carbons (Fsp3) is 0.455. The smallest absolute Gasteiger partial charge is 0.0337 e. The third kappa shape index (κ3) is 6.28. The summed E-state index contributed by atoms with van der Waals surface area (Å²) in [5.41, 5.74) is 20.4. The van der Waals surface area contributed by atoms with Crippen LogP contribution in [0.1, 0.15) is 85.1 Å². The van der Waals surface area contributed by atoms with Crippen molar-refractivity contribution in [3.05, 3.63) is 94.5 Å². The molecule has 2 heteroatoms. The molecule has 4 N–H and O–H groups in total. The number of hydrogen-bond donors (Lipinski definition) is 2. The Labute approximate surface area is 212 Å². The molecule has 0 spiro atoms. The van der Waals surface area contributed by atoms with Crippen molar-refractivity contribution in [3.63, 3.8) is 0 Å². The normalized spacial score (nSPS) is 24.8. The summed E-state index contributed by atoms with van der Waals surface area (Å²) in [6, 6.07) is 24.4. The Bertz CT molecular complexity index is 1060. The predicted molar refractivity (Wildman–Crippen MR) is 150 cm³/mol. The van der Waals surface area contributed by atoms with Crippen LogP contribution in [-0.2, 0) is 12.8 Å². The first-order chi connectivity index (χ1) is 17.0. The fourth-order valence-electron chi connectivity index (χ4n) is 6.84. The Morgan fingerprint density at radius 1 is 0.600 bits per heavy atom. The van der Waals surface area contributed by atoms with Crippen molar-refractivity contribution < 1.29 is 0 Å². The van der Waals surface area contributed by atoms with Gasteiger partial charge < -0.3 is 11.5 Å². The molecule has 3 aromatic carbocycles. The minimum atomic E-state index is 0.737. The Kier molecular flexibility index (Phi) is 7.46. The van der Waals surface area contributed by atoms with Crippen molar-refractivity contribution in [2.45, 2.75) is 77.0 Å². The van der Waals surface area contributed by atoms with Gasteiger partial charge in [-0.1, -0.05) is 54.1 Å². The molecule has 35 heavy (non-hydrogen) atoms. The highest BCUT2D eigenvalue weighted by atomic mass is 14.6. The first-order valence-electron chi connectivity index (χ1n) is 13.8. The number of anilines is 2. The van der Waals surface area contributed by atoms with Crippen LogP contribution in [-0.4, -0.2) is 0 Å². The van der Waals surface area contributed by atoms with Crippen LogP contribution in [0.4, 0.5) is 11.4 Å². The van der Waals surface area contributed by atoms with Gasteiger partial charge in [0.2, 0.25) is 0 Å². The van der Waals surface area contributed by atoms with Gasteiger partial charge in [-0.3, -0.25) is 0 Å². The summed E-state index contributed by atoms with van der Waals surface area (Å²) >= 11 is 0. The van der Waals surface area contributed by atoms with E-state index in [0.29, 0.717) is 0 Å². The molecule has 0 aliphatic heterocycles. The second-order valence-electron chi connectivity index (χ2n) is 11.5. The minimum absolute atomic E-state index is 0.737. The van der Waals surface area contributed by atoms with E-state index < -0.39 is 0 Å². The van der Waals surface area contributed by atoms with Gasteiger partial charge in [0.05, 0.1) is 0 Å². The lowest BCUT2D eigenvalue weighted by atomic mass is 9.68. The SMILES string of the molecule is Cc1ccc(CC2CCC(C3CCC(c4ccc(Cc5cc(N)cc(N)c5)cc4)CC3)CC2)cc1. The topological polar surface area (TPSA) is 52.0 Å². The van der Waals surface area contributed by atoms with Gasteiger partial charge in [-0.05, 0) is 135 Å². The number of benzene rings is 3. The van der Waals surface area contributed by atoms with Crippen LogP contribution in [0.5, 0.6) is 0 Å². The highest BCUT2D eigenvalue weighted by molar-refractivity contribution is 5.55. The summed E-state index contributed by atoms with van der Waals surface area (Å²) in [6.45, 7) is 2.18. The summed E-state index contributed by atoms with van der Waals surface area (Å²) in [5, 5.41) is 0. The lowest BCUT2D eigenvalue weighted by molar-refractivity contribution is 0.160. The van der Waals surface area contributed by atoms with Crippen LogP contribution in [0.15, 0.2) is 66.7 Å². The zero-order valence-corrected chi connectivity index (χ0v) is 21.4. The minimum Gasteiger partial charge on any atom is -0.399 e. The van der Waals surface area contributed by atoms with Gasteiger partial charge in [0.1, 0.15) is 0 Å². The van der Waals surface area contributed by atoms with Crippen LogP contribution in [0.3, 0.4) is 0 Å². The highest BCUT2D eigenvalue weighted by Crippen LogP contribution is 2.44. The molecule has 0 bridgehead atoms. The molecule has 5 rings (SSSR count). The first-order valence-corrected chi connectivity index (χ1v) is 13.8. The van der Waals surface area contributed by atoms with Crippen molar-refractivity contribution in [1.29, 1.82) is 0 Å². The zero-order valence-electron chi connectivity index (χ0n) is 21.4. The van der Waals surface area contributed by atoms with E-state index in [1.54, 1.807) is 0 Å². The molecule has 0 saturated heterocycles. The van der Waals surface area contributed by atoms with Crippen LogP contribution in [0.25, 0.3) is 0 Å². The number of nitrogen functional groups attached to an aromatic ring is 2. The first kappa shape index (κ1) is 24.0. The van der Waals surface area contributed by atoms with Crippen molar-refractivity contribution in [1.82, 2.24) is 0 Å². The molecular weight excluding hydrogens is 424 g/mol. The molecule has 184 valence electrons. The summed E-state index contributed by atoms with van der Waals surface area (Å²) in [4.78, 5) is 0. The van der Waals surface area contributed by atoms with E-state index in [9.17, 15) is 0 Å². The lowest BCUT2D eigenvalue weighted by Crippen LogP contribution is -2.26. The van der Waals surface area contributed by atoms with Gasteiger partial charge in [0.25, 0.3) is 0 Å². The summed E-state index contributed by atoms with van der Waals surface area (Å²) in [7, 11) is 0. The van der Waals surface area contributed by atoms with Gasteiger partial charge in [0.15, 0.2) is 0 Å². The average Bonchev–Trinajstić information content (AvgIpc) is 2.86. The largest absolute Gasteiger partial charge is 0.399 e. The second kappa shape index (κ2) is 10.9. The van der Waals surface area contributed by atoms with Crippen LogP contribution in [0.2, 0.25) is 0 Å². The second-order valence-corrected chi connectivity index (χ2v) is 11.5. The van der Waals surface area contributed by atoms with Crippen LogP contribution < -0.4 is 11.5 Å². The molecule has 2 aliphatic carbocycles. The average molecular weight is 467 g/mol. The molecule has 0 aromatic heterocycles. The Hall–Kier alpha value is -2.74. The molecule has 0 unspecified atom stereocenters. The number of nitrogens with two attached hydrogens (primary N) is 2. The van der Waals surface area contributed by atoms with Crippen molar-refractivity contribution >= 4 is 11.4 Å². The molecule has 0 heterocycles. The van der Waals surface area contributed by atoms with Gasteiger partial charge in [-0.2, -0.15) is 0 Å². The van der Waals surface area contributed by atoms with Gasteiger partial charge in [-0.25, -0.2) is 0 Å². The van der Waals surface area contributed by atoms with Gasteiger partial charge in [0, 0.05) is 11.4 Å². The highest BCUT2D eigenvalue weighted by Gasteiger charge is 2.31.